The second-order valence-corrected chi connectivity index (χ2v) is 4.02. The van der Waals surface area contributed by atoms with Gasteiger partial charge in [-0.15, -0.1) is 0 Å². The molecule has 0 saturated heterocycles. The Morgan fingerprint density at radius 1 is 1.22 bits per heavy atom. The van der Waals surface area contributed by atoms with E-state index in [1.54, 1.807) is 24.3 Å². The molecule has 4 heteroatoms. The van der Waals surface area contributed by atoms with Crippen molar-refractivity contribution in [3.05, 3.63) is 53.3 Å². The Labute approximate surface area is 105 Å². The summed E-state index contributed by atoms with van der Waals surface area (Å²) in [7, 11) is 0. The van der Waals surface area contributed by atoms with E-state index in [1.165, 1.54) is 6.07 Å². The number of anilines is 3. The van der Waals surface area contributed by atoms with Crippen molar-refractivity contribution in [1.82, 2.24) is 0 Å². The second kappa shape index (κ2) is 4.76. The van der Waals surface area contributed by atoms with Crippen molar-refractivity contribution in [2.75, 3.05) is 11.1 Å². The van der Waals surface area contributed by atoms with E-state index in [2.05, 4.69) is 5.32 Å². The predicted molar refractivity (Wildman–Crippen MR) is 70.0 cm³/mol. The lowest BCUT2D eigenvalue weighted by atomic mass is 10.1. The van der Waals surface area contributed by atoms with Gasteiger partial charge in [0.05, 0.1) is 11.3 Å². The summed E-state index contributed by atoms with van der Waals surface area (Å²) in [5.74, 6) is -0.328. The van der Waals surface area contributed by atoms with E-state index >= 15 is 0 Å². The van der Waals surface area contributed by atoms with E-state index in [4.69, 9.17) is 11.0 Å². The number of aryl methyl sites for hydroxylation is 1. The minimum atomic E-state index is -0.328. The molecule has 0 fully saturated rings. The summed E-state index contributed by atoms with van der Waals surface area (Å²) in [6, 6.07) is 11.8. The number of halogens is 1. The Morgan fingerprint density at radius 2 is 2.00 bits per heavy atom. The van der Waals surface area contributed by atoms with Crippen LogP contribution in [0.15, 0.2) is 36.4 Å². The zero-order chi connectivity index (χ0) is 13.1. The molecule has 0 unspecified atom stereocenters. The topological polar surface area (TPSA) is 61.8 Å². The van der Waals surface area contributed by atoms with E-state index in [-0.39, 0.29) is 5.82 Å². The van der Waals surface area contributed by atoms with Crippen molar-refractivity contribution < 1.29 is 4.39 Å². The highest BCUT2D eigenvalue weighted by atomic mass is 19.1. The van der Waals surface area contributed by atoms with E-state index in [0.29, 0.717) is 22.6 Å². The van der Waals surface area contributed by atoms with Gasteiger partial charge in [0.15, 0.2) is 0 Å². The second-order valence-electron chi connectivity index (χ2n) is 4.02. The maximum atomic E-state index is 13.6. The standard InChI is InChI=1S/C14H12FN3/c1-9-2-5-14(12(15)6-9)18-11-3-4-13(17)10(7-11)8-16/h2-7,18H,17H2,1H3. The summed E-state index contributed by atoms with van der Waals surface area (Å²) in [5.41, 5.74) is 8.25. The molecule has 3 nitrogen and oxygen atoms in total. The highest BCUT2D eigenvalue weighted by Crippen LogP contribution is 2.23. The van der Waals surface area contributed by atoms with Crippen LogP contribution in [0, 0.1) is 24.1 Å². The average molecular weight is 241 g/mol. The van der Waals surface area contributed by atoms with Crippen molar-refractivity contribution >= 4 is 17.1 Å². The Bertz CT molecular complexity index is 629. The lowest BCUT2D eigenvalue weighted by Gasteiger charge is -2.09. The summed E-state index contributed by atoms with van der Waals surface area (Å²) in [4.78, 5) is 0. The van der Waals surface area contributed by atoms with Gasteiger partial charge in [-0.2, -0.15) is 5.26 Å². The molecule has 2 rings (SSSR count). The lowest BCUT2D eigenvalue weighted by molar-refractivity contribution is 0.631. The average Bonchev–Trinajstić information content (AvgIpc) is 2.35. The van der Waals surface area contributed by atoms with Gasteiger partial charge in [0.1, 0.15) is 11.9 Å². The fourth-order valence-corrected chi connectivity index (χ4v) is 1.61. The largest absolute Gasteiger partial charge is 0.398 e. The number of nitrogen functional groups attached to an aromatic ring is 1. The first-order valence-corrected chi connectivity index (χ1v) is 5.43. The number of nitrogens with zero attached hydrogens (tertiary/aromatic N) is 1. The molecule has 0 aliphatic rings. The fourth-order valence-electron chi connectivity index (χ4n) is 1.61. The van der Waals surface area contributed by atoms with Gasteiger partial charge in [0.25, 0.3) is 0 Å². The number of benzene rings is 2. The molecule has 18 heavy (non-hydrogen) atoms. The van der Waals surface area contributed by atoms with Crippen LogP contribution in [-0.4, -0.2) is 0 Å². The number of rotatable bonds is 2. The van der Waals surface area contributed by atoms with Crippen LogP contribution in [0.2, 0.25) is 0 Å². The van der Waals surface area contributed by atoms with Gasteiger partial charge in [-0.25, -0.2) is 4.39 Å². The van der Waals surface area contributed by atoms with Gasteiger partial charge in [-0.3, -0.25) is 0 Å². The van der Waals surface area contributed by atoms with Crippen LogP contribution >= 0.6 is 0 Å². The van der Waals surface area contributed by atoms with Crippen LogP contribution in [0.5, 0.6) is 0 Å². The molecule has 2 aromatic rings. The van der Waals surface area contributed by atoms with Gasteiger partial charge in [0, 0.05) is 11.4 Å². The van der Waals surface area contributed by atoms with Crippen molar-refractivity contribution in [2.45, 2.75) is 6.92 Å². The Balaban J connectivity index is 2.32. The van der Waals surface area contributed by atoms with Crippen molar-refractivity contribution in [3.8, 4) is 6.07 Å². The third-order valence-electron chi connectivity index (χ3n) is 2.58. The zero-order valence-electron chi connectivity index (χ0n) is 9.87. The van der Waals surface area contributed by atoms with Crippen molar-refractivity contribution in [1.29, 1.82) is 5.26 Å². The highest BCUT2D eigenvalue weighted by Gasteiger charge is 2.04. The van der Waals surface area contributed by atoms with Gasteiger partial charge in [-0.05, 0) is 42.8 Å². The summed E-state index contributed by atoms with van der Waals surface area (Å²) in [6.45, 7) is 1.82. The molecule has 0 atom stereocenters. The zero-order valence-corrected chi connectivity index (χ0v) is 9.87. The third kappa shape index (κ3) is 2.41. The first-order chi connectivity index (χ1) is 8.60. The summed E-state index contributed by atoms with van der Waals surface area (Å²) in [6.07, 6.45) is 0. The molecule has 0 aliphatic carbocycles. The Hall–Kier alpha value is -2.54. The summed E-state index contributed by atoms with van der Waals surface area (Å²) >= 11 is 0. The van der Waals surface area contributed by atoms with Crippen molar-refractivity contribution in [3.63, 3.8) is 0 Å². The van der Waals surface area contributed by atoms with Crippen LogP contribution in [0.25, 0.3) is 0 Å². The fraction of sp³-hybridized carbons (Fsp3) is 0.0714. The number of nitriles is 1. The van der Waals surface area contributed by atoms with Crippen molar-refractivity contribution in [2.24, 2.45) is 0 Å². The van der Waals surface area contributed by atoms with E-state index in [9.17, 15) is 4.39 Å². The predicted octanol–water partition coefficient (Wildman–Crippen LogP) is 3.33. The van der Waals surface area contributed by atoms with E-state index < -0.39 is 0 Å². The van der Waals surface area contributed by atoms with E-state index in [1.807, 2.05) is 19.1 Å². The maximum absolute atomic E-state index is 13.6. The molecule has 0 aromatic heterocycles. The highest BCUT2D eigenvalue weighted by molar-refractivity contribution is 5.67. The monoisotopic (exact) mass is 241 g/mol. The molecular weight excluding hydrogens is 229 g/mol. The van der Waals surface area contributed by atoms with Gasteiger partial charge >= 0.3 is 0 Å². The molecular formula is C14H12FN3. The quantitative estimate of drug-likeness (QED) is 0.793. The number of nitrogens with two attached hydrogens (primary N) is 1. The van der Waals surface area contributed by atoms with Gasteiger partial charge in [0.2, 0.25) is 0 Å². The molecule has 0 bridgehead atoms. The van der Waals surface area contributed by atoms with Gasteiger partial charge < -0.3 is 11.1 Å². The molecule has 90 valence electrons. The van der Waals surface area contributed by atoms with E-state index in [0.717, 1.165) is 5.56 Å². The smallest absolute Gasteiger partial charge is 0.146 e. The summed E-state index contributed by atoms with van der Waals surface area (Å²) in [5, 5.41) is 11.8. The number of hydrogen-bond donors (Lipinski definition) is 2. The van der Waals surface area contributed by atoms with Crippen LogP contribution in [0.1, 0.15) is 11.1 Å². The molecule has 3 N–H and O–H groups in total. The first kappa shape index (κ1) is 11.9. The first-order valence-electron chi connectivity index (χ1n) is 5.43. The molecule has 0 radical (unpaired) electrons. The number of nitrogens with one attached hydrogen (secondary N) is 1. The minimum absolute atomic E-state index is 0.328. The molecule has 0 aliphatic heterocycles. The molecule has 0 heterocycles. The Morgan fingerprint density at radius 3 is 2.67 bits per heavy atom. The number of hydrogen-bond acceptors (Lipinski definition) is 3. The molecule has 2 aromatic carbocycles. The van der Waals surface area contributed by atoms with Crippen LogP contribution in [0.3, 0.4) is 0 Å². The SMILES string of the molecule is Cc1ccc(Nc2ccc(N)c(C#N)c2)c(F)c1. The van der Waals surface area contributed by atoms with Crippen LogP contribution in [-0.2, 0) is 0 Å². The Kier molecular flexibility index (Phi) is 3.16. The molecule has 0 spiro atoms. The maximum Gasteiger partial charge on any atom is 0.146 e. The normalized spacial score (nSPS) is 9.83. The molecule has 0 saturated carbocycles. The minimum Gasteiger partial charge on any atom is -0.398 e. The van der Waals surface area contributed by atoms with Crippen LogP contribution in [0.4, 0.5) is 21.5 Å². The third-order valence-corrected chi connectivity index (χ3v) is 2.58. The van der Waals surface area contributed by atoms with Gasteiger partial charge in [-0.1, -0.05) is 6.07 Å². The van der Waals surface area contributed by atoms with Crippen LogP contribution < -0.4 is 11.1 Å². The summed E-state index contributed by atoms with van der Waals surface area (Å²) < 4.78 is 13.6. The lowest BCUT2D eigenvalue weighted by Crippen LogP contribution is -1.96. The molecule has 0 amide bonds.